The molecule has 0 unspecified atom stereocenters. The summed E-state index contributed by atoms with van der Waals surface area (Å²) < 4.78 is 12.4. The molecule has 0 spiro atoms. The van der Waals surface area contributed by atoms with Crippen molar-refractivity contribution in [3.63, 3.8) is 0 Å². The number of carbonyl (C=O) groups excluding carboxylic acids is 1. The van der Waals surface area contributed by atoms with E-state index in [0.717, 1.165) is 22.5 Å². The van der Waals surface area contributed by atoms with E-state index in [1.807, 2.05) is 48.7 Å². The number of hydrogen-bond donors (Lipinski definition) is 1. The molecule has 1 aliphatic heterocycles. The van der Waals surface area contributed by atoms with E-state index in [4.69, 9.17) is 14.6 Å². The standard InChI is InChI=1S/C24H18N4O3/c29-23(26-19-9-10-21-22(13-19)31-16-30-21)11-8-18-15-28(20-6-2-1-3-7-20)27-24(18)17-5-4-12-25-14-17/h1-15H,16H2,(H,26,29)/b11-8+. The van der Waals surface area contributed by atoms with Crippen LogP contribution < -0.4 is 14.8 Å². The molecule has 0 bridgehead atoms. The van der Waals surface area contributed by atoms with E-state index in [-0.39, 0.29) is 12.7 Å². The number of amides is 1. The summed E-state index contributed by atoms with van der Waals surface area (Å²) in [5, 5.41) is 7.55. The number of benzene rings is 2. The van der Waals surface area contributed by atoms with Crippen molar-refractivity contribution < 1.29 is 14.3 Å². The highest BCUT2D eigenvalue weighted by atomic mass is 16.7. The summed E-state index contributed by atoms with van der Waals surface area (Å²) in [5.41, 5.74) is 3.97. The molecule has 1 aliphatic rings. The van der Waals surface area contributed by atoms with Crippen LogP contribution in [-0.4, -0.2) is 27.5 Å². The number of aromatic nitrogens is 3. The topological polar surface area (TPSA) is 78.3 Å². The maximum absolute atomic E-state index is 12.5. The first-order valence-corrected chi connectivity index (χ1v) is 9.70. The Kier molecular flexibility index (Phi) is 4.90. The molecule has 0 fully saturated rings. The molecule has 2 aromatic heterocycles. The van der Waals surface area contributed by atoms with Crippen LogP contribution in [-0.2, 0) is 4.79 Å². The minimum Gasteiger partial charge on any atom is -0.454 e. The first-order chi connectivity index (χ1) is 15.3. The van der Waals surface area contributed by atoms with Crippen molar-refractivity contribution in [1.82, 2.24) is 14.8 Å². The summed E-state index contributed by atoms with van der Waals surface area (Å²) in [6.45, 7) is 0.190. The van der Waals surface area contributed by atoms with E-state index in [9.17, 15) is 4.79 Å². The molecule has 152 valence electrons. The van der Waals surface area contributed by atoms with Crippen LogP contribution in [0.5, 0.6) is 11.5 Å². The molecule has 2 aromatic carbocycles. The molecule has 3 heterocycles. The second-order valence-electron chi connectivity index (χ2n) is 6.85. The molecule has 1 N–H and O–H groups in total. The predicted octanol–water partition coefficient (Wildman–Crippen LogP) is 4.31. The second-order valence-corrected chi connectivity index (χ2v) is 6.85. The third-order valence-electron chi connectivity index (χ3n) is 4.75. The zero-order chi connectivity index (χ0) is 21.0. The van der Waals surface area contributed by atoms with Gasteiger partial charge in [0.2, 0.25) is 12.7 Å². The van der Waals surface area contributed by atoms with Gasteiger partial charge < -0.3 is 14.8 Å². The van der Waals surface area contributed by atoms with E-state index < -0.39 is 0 Å². The van der Waals surface area contributed by atoms with Gasteiger partial charge in [-0.05, 0) is 42.5 Å². The number of nitrogens with one attached hydrogen (secondary N) is 1. The summed E-state index contributed by atoms with van der Waals surface area (Å²) in [6, 6.07) is 18.9. The number of nitrogens with zero attached hydrogens (tertiary/aromatic N) is 3. The zero-order valence-corrected chi connectivity index (χ0v) is 16.4. The van der Waals surface area contributed by atoms with Crippen LogP contribution in [0.1, 0.15) is 5.56 Å². The van der Waals surface area contributed by atoms with Gasteiger partial charge in [-0.1, -0.05) is 18.2 Å². The molecular formula is C24H18N4O3. The Hall–Kier alpha value is -4.39. The van der Waals surface area contributed by atoms with Crippen molar-refractivity contribution in [2.24, 2.45) is 0 Å². The summed E-state index contributed by atoms with van der Waals surface area (Å²) in [4.78, 5) is 16.7. The van der Waals surface area contributed by atoms with Crippen LogP contribution in [0, 0.1) is 0 Å². The Balaban J connectivity index is 1.41. The molecule has 0 aliphatic carbocycles. The van der Waals surface area contributed by atoms with Gasteiger partial charge in [-0.3, -0.25) is 9.78 Å². The van der Waals surface area contributed by atoms with Crippen LogP contribution in [0.3, 0.4) is 0 Å². The SMILES string of the molecule is O=C(/C=C/c1cn(-c2ccccc2)nc1-c1cccnc1)Nc1ccc2c(c1)OCO2. The second kappa shape index (κ2) is 8.16. The molecule has 1 amide bonds. The highest BCUT2D eigenvalue weighted by Crippen LogP contribution is 2.34. The first-order valence-electron chi connectivity index (χ1n) is 9.70. The maximum Gasteiger partial charge on any atom is 0.248 e. The fourth-order valence-corrected chi connectivity index (χ4v) is 3.27. The van der Waals surface area contributed by atoms with Gasteiger partial charge >= 0.3 is 0 Å². The molecule has 5 rings (SSSR count). The van der Waals surface area contributed by atoms with Gasteiger partial charge in [0, 0.05) is 47.5 Å². The molecule has 0 saturated heterocycles. The lowest BCUT2D eigenvalue weighted by atomic mass is 10.1. The van der Waals surface area contributed by atoms with Crippen LogP contribution in [0.2, 0.25) is 0 Å². The van der Waals surface area contributed by atoms with Gasteiger partial charge in [-0.2, -0.15) is 5.10 Å². The number of rotatable bonds is 5. The van der Waals surface area contributed by atoms with E-state index in [1.165, 1.54) is 6.08 Å². The van der Waals surface area contributed by atoms with Crippen molar-refractivity contribution in [2.75, 3.05) is 12.1 Å². The maximum atomic E-state index is 12.5. The average Bonchev–Trinajstić information content (AvgIpc) is 3.46. The average molecular weight is 410 g/mol. The Morgan fingerprint density at radius 1 is 1.03 bits per heavy atom. The number of ether oxygens (including phenoxy) is 2. The van der Waals surface area contributed by atoms with E-state index in [0.29, 0.717) is 17.2 Å². The summed E-state index contributed by atoms with van der Waals surface area (Å²) in [5.74, 6) is 1.02. The van der Waals surface area contributed by atoms with Crippen LogP contribution >= 0.6 is 0 Å². The Bertz CT molecular complexity index is 1250. The minimum atomic E-state index is -0.261. The molecule has 0 atom stereocenters. The monoisotopic (exact) mass is 410 g/mol. The van der Waals surface area contributed by atoms with Crippen molar-refractivity contribution >= 4 is 17.7 Å². The fourth-order valence-electron chi connectivity index (χ4n) is 3.27. The van der Waals surface area contributed by atoms with Crippen LogP contribution in [0.15, 0.2) is 85.3 Å². The third kappa shape index (κ3) is 4.02. The number of anilines is 1. The number of fused-ring (bicyclic) bond motifs is 1. The Labute approximate surface area is 178 Å². The number of para-hydroxylation sites is 1. The number of pyridine rings is 1. The Morgan fingerprint density at radius 3 is 2.74 bits per heavy atom. The smallest absolute Gasteiger partial charge is 0.248 e. The number of hydrogen-bond acceptors (Lipinski definition) is 5. The van der Waals surface area contributed by atoms with Gasteiger partial charge in [0.15, 0.2) is 11.5 Å². The minimum absolute atomic E-state index is 0.190. The van der Waals surface area contributed by atoms with Gasteiger partial charge in [-0.15, -0.1) is 0 Å². The fraction of sp³-hybridized carbons (Fsp3) is 0.0417. The van der Waals surface area contributed by atoms with Gasteiger partial charge in [0.05, 0.1) is 5.69 Å². The zero-order valence-electron chi connectivity index (χ0n) is 16.4. The van der Waals surface area contributed by atoms with E-state index >= 15 is 0 Å². The highest BCUT2D eigenvalue weighted by Gasteiger charge is 2.14. The van der Waals surface area contributed by atoms with E-state index in [1.54, 1.807) is 41.4 Å². The molecule has 0 saturated carbocycles. The lowest BCUT2D eigenvalue weighted by Crippen LogP contribution is -2.07. The molecule has 7 nitrogen and oxygen atoms in total. The largest absolute Gasteiger partial charge is 0.454 e. The molecule has 31 heavy (non-hydrogen) atoms. The van der Waals surface area contributed by atoms with Crippen molar-refractivity contribution in [3.8, 4) is 28.4 Å². The van der Waals surface area contributed by atoms with Crippen LogP contribution in [0.25, 0.3) is 23.0 Å². The normalized spacial score (nSPS) is 12.3. The summed E-state index contributed by atoms with van der Waals surface area (Å²) in [7, 11) is 0. The molecule has 4 aromatic rings. The summed E-state index contributed by atoms with van der Waals surface area (Å²) >= 11 is 0. The predicted molar refractivity (Wildman–Crippen MR) is 117 cm³/mol. The number of carbonyl (C=O) groups is 1. The van der Waals surface area contributed by atoms with Gasteiger partial charge in [-0.25, -0.2) is 4.68 Å². The summed E-state index contributed by atoms with van der Waals surface area (Å²) in [6.07, 6.45) is 8.59. The van der Waals surface area contributed by atoms with Crippen molar-refractivity contribution in [2.45, 2.75) is 0 Å². The van der Waals surface area contributed by atoms with Crippen LogP contribution in [0.4, 0.5) is 5.69 Å². The van der Waals surface area contributed by atoms with E-state index in [2.05, 4.69) is 10.3 Å². The molecular weight excluding hydrogens is 392 g/mol. The molecule has 7 heteroatoms. The van der Waals surface area contributed by atoms with Crippen molar-refractivity contribution in [3.05, 3.63) is 90.9 Å². The first kappa shape index (κ1) is 18.6. The van der Waals surface area contributed by atoms with Crippen molar-refractivity contribution in [1.29, 1.82) is 0 Å². The lowest BCUT2D eigenvalue weighted by Gasteiger charge is -2.03. The Morgan fingerprint density at radius 2 is 1.90 bits per heavy atom. The highest BCUT2D eigenvalue weighted by molar-refractivity contribution is 6.02. The molecule has 0 radical (unpaired) electrons. The quantitative estimate of drug-likeness (QED) is 0.496. The lowest BCUT2D eigenvalue weighted by molar-refractivity contribution is -0.111. The van der Waals surface area contributed by atoms with Gasteiger partial charge in [0.1, 0.15) is 5.69 Å². The third-order valence-corrected chi connectivity index (χ3v) is 4.75. The van der Waals surface area contributed by atoms with Gasteiger partial charge in [0.25, 0.3) is 0 Å².